The van der Waals surface area contributed by atoms with Crippen LogP contribution < -0.4 is 10.1 Å². The standard InChI is InChI=1S/C38H41N9O3S/c1-3-47-24-40-36(44-47)27-6-4-25(5-7-27)26-14-17-46(18-15-26)34(48)22-45-19-16-38(23-45,51-2)37(49)41-29-9-12-32-31(20-29)35(43-42-32)28-8-13-33(39-21-28)50-30-10-11-30/h4-9,12-14,20-21,24,30H,3,10-11,15-19,22-23H2,1-2H3,(H,41,49)(H,42,43). The van der Waals surface area contributed by atoms with Crippen LogP contribution in [0.3, 0.4) is 0 Å². The molecule has 2 fully saturated rings. The van der Waals surface area contributed by atoms with Crippen LogP contribution in [0.25, 0.3) is 39.1 Å². The maximum atomic E-state index is 13.8. The van der Waals surface area contributed by atoms with E-state index in [1.54, 1.807) is 24.3 Å². The van der Waals surface area contributed by atoms with Gasteiger partial charge in [0.2, 0.25) is 17.7 Å². The van der Waals surface area contributed by atoms with E-state index in [4.69, 9.17) is 4.74 Å². The van der Waals surface area contributed by atoms with Gasteiger partial charge in [-0.1, -0.05) is 30.3 Å². The third kappa shape index (κ3) is 7.00. The first kappa shape index (κ1) is 33.2. The molecule has 262 valence electrons. The Morgan fingerprint density at radius 1 is 1.04 bits per heavy atom. The number of aromatic nitrogens is 6. The van der Waals surface area contributed by atoms with Crippen molar-refractivity contribution in [3.05, 3.63) is 78.8 Å². The molecule has 0 bridgehead atoms. The molecule has 5 heterocycles. The van der Waals surface area contributed by atoms with Gasteiger partial charge in [-0.15, -0.1) is 11.8 Å². The molecule has 2 aromatic carbocycles. The summed E-state index contributed by atoms with van der Waals surface area (Å²) in [6.45, 7) is 5.57. The molecule has 1 aliphatic carbocycles. The SMILES string of the molecule is CCn1cnc(-c2ccc(C3=CCN(C(=O)CN4CCC(SC)(C(=O)Nc5ccc6[nH]nc(-c7ccc(OC8CC8)nc7)c6c5)C4)CC3)cc2)n1. The number of hydrogen-bond acceptors (Lipinski definition) is 9. The number of aryl methyl sites for hydroxylation is 1. The van der Waals surface area contributed by atoms with Crippen LogP contribution in [0.2, 0.25) is 0 Å². The number of thioether (sulfide) groups is 1. The number of rotatable bonds is 11. The molecular weight excluding hydrogens is 663 g/mol. The molecule has 51 heavy (non-hydrogen) atoms. The number of fused-ring (bicyclic) bond motifs is 1. The quantitative estimate of drug-likeness (QED) is 0.183. The average Bonchev–Trinajstić information content (AvgIpc) is 3.51. The van der Waals surface area contributed by atoms with Crippen molar-refractivity contribution in [3.63, 3.8) is 0 Å². The van der Waals surface area contributed by atoms with Gasteiger partial charge in [0, 0.05) is 67.2 Å². The van der Waals surface area contributed by atoms with Crippen LogP contribution >= 0.6 is 11.8 Å². The Kier molecular flexibility index (Phi) is 9.07. The van der Waals surface area contributed by atoms with Crippen molar-refractivity contribution in [2.24, 2.45) is 0 Å². The molecule has 3 aliphatic rings. The van der Waals surface area contributed by atoms with Gasteiger partial charge in [-0.25, -0.2) is 9.97 Å². The Hall–Kier alpha value is -5.01. The Labute approximate surface area is 300 Å². The van der Waals surface area contributed by atoms with Crippen LogP contribution in [-0.2, 0) is 16.1 Å². The third-order valence-corrected chi connectivity index (χ3v) is 11.4. The van der Waals surface area contributed by atoms with Gasteiger partial charge in [0.25, 0.3) is 0 Å². The number of nitrogens with zero attached hydrogens (tertiary/aromatic N) is 7. The summed E-state index contributed by atoms with van der Waals surface area (Å²) in [7, 11) is 0. The van der Waals surface area contributed by atoms with Crippen molar-refractivity contribution >= 4 is 45.7 Å². The fourth-order valence-electron chi connectivity index (χ4n) is 6.80. The van der Waals surface area contributed by atoms with Crippen LogP contribution in [0, 0.1) is 0 Å². The van der Waals surface area contributed by atoms with Crippen molar-refractivity contribution in [1.82, 2.24) is 39.7 Å². The summed E-state index contributed by atoms with van der Waals surface area (Å²) in [6.07, 6.45) is 11.6. The number of amides is 2. The lowest BCUT2D eigenvalue weighted by Gasteiger charge is -2.29. The van der Waals surface area contributed by atoms with Crippen LogP contribution in [0.5, 0.6) is 5.88 Å². The zero-order valence-corrected chi connectivity index (χ0v) is 29.7. The smallest absolute Gasteiger partial charge is 0.241 e. The van der Waals surface area contributed by atoms with Crippen molar-refractivity contribution < 1.29 is 14.3 Å². The Bertz CT molecular complexity index is 2090. The molecule has 13 heteroatoms. The molecule has 0 spiro atoms. The predicted octanol–water partition coefficient (Wildman–Crippen LogP) is 5.51. The van der Waals surface area contributed by atoms with E-state index >= 15 is 0 Å². The number of benzene rings is 2. The van der Waals surface area contributed by atoms with Gasteiger partial charge in [-0.05, 0) is 74.3 Å². The van der Waals surface area contributed by atoms with E-state index in [9.17, 15) is 9.59 Å². The zero-order chi connectivity index (χ0) is 35.0. The average molecular weight is 704 g/mol. The fraction of sp³-hybridized carbons (Fsp3) is 0.368. The number of H-pyrrole nitrogens is 1. The lowest BCUT2D eigenvalue weighted by Crippen LogP contribution is -2.45. The highest BCUT2D eigenvalue weighted by atomic mass is 32.2. The number of nitrogens with one attached hydrogen (secondary N) is 2. The summed E-state index contributed by atoms with van der Waals surface area (Å²) in [5, 5.41) is 16.2. The van der Waals surface area contributed by atoms with Crippen LogP contribution in [0.4, 0.5) is 5.69 Å². The zero-order valence-electron chi connectivity index (χ0n) is 28.8. The highest BCUT2D eigenvalue weighted by molar-refractivity contribution is 8.00. The first-order valence-electron chi connectivity index (χ1n) is 17.6. The van der Waals surface area contributed by atoms with Gasteiger partial charge in [0.1, 0.15) is 22.9 Å². The second kappa shape index (κ2) is 14.0. The molecule has 2 aliphatic heterocycles. The molecule has 0 radical (unpaired) electrons. The molecule has 1 saturated carbocycles. The molecule has 5 aromatic rings. The minimum atomic E-state index is -0.652. The summed E-state index contributed by atoms with van der Waals surface area (Å²) in [5.41, 5.74) is 6.60. The van der Waals surface area contributed by atoms with Crippen molar-refractivity contribution in [1.29, 1.82) is 0 Å². The number of pyridine rings is 1. The molecule has 1 unspecified atom stereocenters. The molecule has 2 N–H and O–H groups in total. The van der Waals surface area contributed by atoms with Crippen LogP contribution in [0.15, 0.2) is 73.2 Å². The molecule has 3 aromatic heterocycles. The number of anilines is 1. The maximum absolute atomic E-state index is 13.8. The van der Waals surface area contributed by atoms with E-state index in [2.05, 4.69) is 65.8 Å². The minimum Gasteiger partial charge on any atom is -0.474 e. The number of aromatic amines is 1. The van der Waals surface area contributed by atoms with Crippen molar-refractivity contribution in [2.75, 3.05) is 44.3 Å². The molecule has 8 rings (SSSR count). The monoisotopic (exact) mass is 703 g/mol. The first-order valence-corrected chi connectivity index (χ1v) is 18.8. The van der Waals surface area contributed by atoms with E-state index in [1.807, 2.05) is 53.1 Å². The van der Waals surface area contributed by atoms with Crippen molar-refractivity contribution in [2.45, 2.75) is 50.0 Å². The number of likely N-dealkylation sites (tertiary alicyclic amines) is 1. The highest BCUT2D eigenvalue weighted by Crippen LogP contribution is 2.36. The second-order valence-electron chi connectivity index (χ2n) is 13.5. The topological polar surface area (TPSA) is 134 Å². The lowest BCUT2D eigenvalue weighted by molar-refractivity contribution is -0.132. The summed E-state index contributed by atoms with van der Waals surface area (Å²) in [5.74, 6) is 1.39. The van der Waals surface area contributed by atoms with E-state index in [1.165, 1.54) is 5.57 Å². The Morgan fingerprint density at radius 3 is 2.57 bits per heavy atom. The van der Waals surface area contributed by atoms with Gasteiger partial charge in [0.05, 0.1) is 12.1 Å². The molecule has 2 amide bonds. The van der Waals surface area contributed by atoms with E-state index in [-0.39, 0.29) is 17.9 Å². The van der Waals surface area contributed by atoms with E-state index in [0.29, 0.717) is 50.7 Å². The van der Waals surface area contributed by atoms with E-state index < -0.39 is 4.75 Å². The molecule has 1 atom stereocenters. The number of carbonyl (C=O) groups excluding carboxylic acids is 2. The highest BCUT2D eigenvalue weighted by Gasteiger charge is 2.44. The molecular formula is C38H41N9O3S. The largest absolute Gasteiger partial charge is 0.474 e. The Morgan fingerprint density at radius 2 is 1.86 bits per heavy atom. The van der Waals surface area contributed by atoms with Gasteiger partial charge >= 0.3 is 0 Å². The first-order chi connectivity index (χ1) is 24.9. The van der Waals surface area contributed by atoms with Gasteiger partial charge < -0.3 is 15.0 Å². The fourth-order valence-corrected chi connectivity index (χ4v) is 7.65. The predicted molar refractivity (Wildman–Crippen MR) is 199 cm³/mol. The summed E-state index contributed by atoms with van der Waals surface area (Å²) in [6, 6.07) is 17.9. The number of hydrogen-bond donors (Lipinski definition) is 2. The van der Waals surface area contributed by atoms with Gasteiger partial charge in [-0.2, -0.15) is 10.2 Å². The Balaban J connectivity index is 0.869. The summed E-state index contributed by atoms with van der Waals surface area (Å²) < 4.78 is 6.96. The molecule has 12 nitrogen and oxygen atoms in total. The van der Waals surface area contributed by atoms with Crippen LogP contribution in [-0.4, -0.2) is 101 Å². The second-order valence-corrected chi connectivity index (χ2v) is 14.7. The number of carbonyl (C=O) groups is 2. The van der Waals surface area contributed by atoms with Gasteiger partial charge in [0.15, 0.2) is 5.82 Å². The molecule has 1 saturated heterocycles. The normalized spacial score (nSPS) is 19.3. The minimum absolute atomic E-state index is 0.0522. The van der Waals surface area contributed by atoms with Gasteiger partial charge in [-0.3, -0.25) is 24.3 Å². The third-order valence-electron chi connectivity index (χ3n) is 10.1. The van der Waals surface area contributed by atoms with Crippen molar-refractivity contribution in [3.8, 4) is 28.5 Å². The lowest BCUT2D eigenvalue weighted by atomic mass is 9.98. The summed E-state index contributed by atoms with van der Waals surface area (Å²) in [4.78, 5) is 40.1. The van der Waals surface area contributed by atoms with Crippen LogP contribution in [0.1, 0.15) is 38.2 Å². The number of ether oxygens (including phenoxy) is 1. The van der Waals surface area contributed by atoms with E-state index in [0.717, 1.165) is 64.9 Å². The maximum Gasteiger partial charge on any atom is 0.241 e. The summed E-state index contributed by atoms with van der Waals surface area (Å²) >= 11 is 1.55.